The number of hydrogen-bond donors (Lipinski definition) is 0. The summed E-state index contributed by atoms with van der Waals surface area (Å²) in [4.78, 5) is 9.62. The van der Waals surface area contributed by atoms with Crippen LogP contribution < -0.4 is 0 Å². The van der Waals surface area contributed by atoms with Gasteiger partial charge in [0.2, 0.25) is 5.82 Å². The number of rotatable bonds is 1. The second kappa shape index (κ2) is 3.74. The molecule has 0 amide bonds. The van der Waals surface area contributed by atoms with Gasteiger partial charge in [0.1, 0.15) is 0 Å². The van der Waals surface area contributed by atoms with Crippen molar-refractivity contribution in [3.8, 4) is 0 Å². The molecule has 7 heteroatoms. The van der Waals surface area contributed by atoms with Crippen LogP contribution in [0.5, 0.6) is 0 Å². The summed E-state index contributed by atoms with van der Waals surface area (Å²) < 4.78 is 37.4. The lowest BCUT2D eigenvalue weighted by molar-refractivity contribution is -0.387. The smallest absolute Gasteiger partial charge is 0.258 e. The molecule has 0 unspecified atom stereocenters. The first kappa shape index (κ1) is 12.9. The lowest BCUT2D eigenvalue weighted by Crippen LogP contribution is -2.30. The molecule has 1 aromatic carbocycles. The number of sulfone groups is 1. The lowest BCUT2D eigenvalue weighted by atomic mass is 9.81. The highest BCUT2D eigenvalue weighted by molar-refractivity contribution is 7.91. The van der Waals surface area contributed by atoms with Gasteiger partial charge in [-0.1, -0.05) is 13.8 Å². The van der Waals surface area contributed by atoms with Crippen LogP contribution in [0.15, 0.2) is 17.0 Å². The second-order valence-electron chi connectivity index (χ2n) is 5.01. The number of nitro benzene ring substituents is 1. The van der Waals surface area contributed by atoms with E-state index in [-0.39, 0.29) is 10.6 Å². The predicted octanol–water partition coefficient (Wildman–Crippen LogP) is 2.19. The molecule has 5 nitrogen and oxygen atoms in total. The number of nitrogens with zero attached hydrogens (tertiary/aromatic N) is 1. The van der Waals surface area contributed by atoms with E-state index < -0.39 is 31.7 Å². The Bertz CT molecular complexity index is 637. The maximum absolute atomic E-state index is 13.6. The summed E-state index contributed by atoms with van der Waals surface area (Å²) in [7, 11) is -3.56. The van der Waals surface area contributed by atoms with Gasteiger partial charge in [0.15, 0.2) is 9.84 Å². The molecular weight excluding hydrogens is 261 g/mol. The number of hydrogen-bond acceptors (Lipinski definition) is 4. The Hall–Kier alpha value is -1.50. The lowest BCUT2D eigenvalue weighted by Gasteiger charge is -2.31. The van der Waals surface area contributed by atoms with Crippen molar-refractivity contribution in [3.05, 3.63) is 33.6 Å². The van der Waals surface area contributed by atoms with Crippen molar-refractivity contribution in [2.45, 2.75) is 30.6 Å². The molecule has 0 radical (unpaired) electrons. The molecule has 0 spiro atoms. The fourth-order valence-electron chi connectivity index (χ4n) is 2.10. The fourth-order valence-corrected chi connectivity index (χ4v) is 4.06. The molecule has 0 aliphatic carbocycles. The van der Waals surface area contributed by atoms with E-state index in [2.05, 4.69) is 0 Å². The van der Waals surface area contributed by atoms with Gasteiger partial charge in [-0.05, 0) is 23.5 Å². The minimum absolute atomic E-state index is 0.0736. The molecule has 1 aliphatic heterocycles. The first-order chi connectivity index (χ1) is 8.15. The van der Waals surface area contributed by atoms with Gasteiger partial charge in [-0.25, -0.2) is 8.42 Å². The summed E-state index contributed by atoms with van der Waals surface area (Å²) in [5, 5.41) is 10.7. The first-order valence-electron chi connectivity index (χ1n) is 5.36. The average molecular weight is 273 g/mol. The van der Waals surface area contributed by atoms with Gasteiger partial charge in [0.25, 0.3) is 0 Å². The van der Waals surface area contributed by atoms with Crippen molar-refractivity contribution >= 4 is 15.5 Å². The normalized spacial score (nSPS) is 20.2. The maximum Gasteiger partial charge on any atom is 0.306 e. The highest BCUT2D eigenvalue weighted by Gasteiger charge is 2.38. The molecule has 98 valence electrons. The van der Waals surface area contributed by atoms with Gasteiger partial charge in [0.05, 0.1) is 15.6 Å². The van der Waals surface area contributed by atoms with E-state index in [0.717, 1.165) is 12.1 Å². The minimum atomic E-state index is -3.56. The predicted molar refractivity (Wildman–Crippen MR) is 62.8 cm³/mol. The topological polar surface area (TPSA) is 77.3 Å². The SMILES string of the molecule is CC1(C)CCS(=O)(=O)c2cc([N+](=O)[O-])c(F)cc21. The van der Waals surface area contributed by atoms with Crippen molar-refractivity contribution in [3.63, 3.8) is 0 Å². The van der Waals surface area contributed by atoms with Gasteiger partial charge in [-0.3, -0.25) is 10.1 Å². The van der Waals surface area contributed by atoms with E-state index in [4.69, 9.17) is 0 Å². The fraction of sp³-hybridized carbons (Fsp3) is 0.455. The van der Waals surface area contributed by atoms with Gasteiger partial charge in [-0.2, -0.15) is 4.39 Å². The van der Waals surface area contributed by atoms with Crippen LogP contribution in [0.2, 0.25) is 0 Å². The Morgan fingerprint density at radius 2 is 2.00 bits per heavy atom. The van der Waals surface area contributed by atoms with E-state index >= 15 is 0 Å². The third-order valence-electron chi connectivity index (χ3n) is 3.31. The van der Waals surface area contributed by atoms with Crippen LogP contribution in [0.3, 0.4) is 0 Å². The van der Waals surface area contributed by atoms with Crippen molar-refractivity contribution in [2.75, 3.05) is 5.75 Å². The Morgan fingerprint density at radius 1 is 1.39 bits per heavy atom. The molecule has 0 aromatic heterocycles. The molecule has 1 aliphatic rings. The van der Waals surface area contributed by atoms with Crippen LogP contribution >= 0.6 is 0 Å². The van der Waals surface area contributed by atoms with Crippen LogP contribution in [0.25, 0.3) is 0 Å². The summed E-state index contributed by atoms with van der Waals surface area (Å²) in [6.07, 6.45) is 0.375. The molecule has 0 atom stereocenters. The molecule has 0 N–H and O–H groups in total. The van der Waals surface area contributed by atoms with E-state index in [1.54, 1.807) is 13.8 Å². The van der Waals surface area contributed by atoms with Crippen molar-refractivity contribution in [1.82, 2.24) is 0 Å². The molecule has 18 heavy (non-hydrogen) atoms. The number of benzene rings is 1. The van der Waals surface area contributed by atoms with Crippen LogP contribution in [0.4, 0.5) is 10.1 Å². The zero-order valence-electron chi connectivity index (χ0n) is 9.94. The first-order valence-corrected chi connectivity index (χ1v) is 7.01. The van der Waals surface area contributed by atoms with Crippen molar-refractivity contribution in [2.24, 2.45) is 0 Å². The van der Waals surface area contributed by atoms with Gasteiger partial charge in [0, 0.05) is 6.07 Å². The molecule has 1 heterocycles. The molecule has 0 saturated heterocycles. The maximum atomic E-state index is 13.6. The highest BCUT2D eigenvalue weighted by Crippen LogP contribution is 2.40. The minimum Gasteiger partial charge on any atom is -0.258 e. The number of nitro groups is 1. The molecule has 2 rings (SSSR count). The van der Waals surface area contributed by atoms with Crippen molar-refractivity contribution < 1.29 is 17.7 Å². The highest BCUT2D eigenvalue weighted by atomic mass is 32.2. The monoisotopic (exact) mass is 273 g/mol. The summed E-state index contributed by atoms with van der Waals surface area (Å²) in [6, 6.07) is 1.81. The second-order valence-corrected chi connectivity index (χ2v) is 7.09. The summed E-state index contributed by atoms with van der Waals surface area (Å²) in [6.45, 7) is 3.59. The molecular formula is C11H12FNO4S. The Morgan fingerprint density at radius 3 is 2.56 bits per heavy atom. The third-order valence-corrected chi connectivity index (χ3v) is 5.06. The van der Waals surface area contributed by atoms with E-state index in [1.165, 1.54) is 0 Å². The van der Waals surface area contributed by atoms with Gasteiger partial charge >= 0.3 is 5.69 Å². The number of halogens is 1. The van der Waals surface area contributed by atoms with Crippen LogP contribution in [-0.2, 0) is 15.3 Å². The average Bonchev–Trinajstić information content (AvgIpc) is 2.24. The Balaban J connectivity index is 2.81. The van der Waals surface area contributed by atoms with Gasteiger partial charge < -0.3 is 0 Å². The molecule has 1 aromatic rings. The van der Waals surface area contributed by atoms with Crippen LogP contribution in [-0.4, -0.2) is 19.1 Å². The Labute approximate surface area is 104 Å². The largest absolute Gasteiger partial charge is 0.306 e. The van der Waals surface area contributed by atoms with Crippen LogP contribution in [0, 0.1) is 15.9 Å². The summed E-state index contributed by atoms with van der Waals surface area (Å²) in [5.41, 5.74) is -0.983. The molecule has 0 bridgehead atoms. The van der Waals surface area contributed by atoms with E-state index in [1.807, 2.05) is 0 Å². The number of fused-ring (bicyclic) bond motifs is 1. The summed E-state index contributed by atoms with van der Waals surface area (Å²) in [5.74, 6) is -1.07. The Kier molecular flexibility index (Phi) is 2.69. The van der Waals surface area contributed by atoms with Crippen LogP contribution in [0.1, 0.15) is 25.8 Å². The van der Waals surface area contributed by atoms with Gasteiger partial charge in [-0.15, -0.1) is 0 Å². The quantitative estimate of drug-likeness (QED) is 0.446. The zero-order valence-corrected chi connectivity index (χ0v) is 10.8. The third kappa shape index (κ3) is 1.88. The molecule has 0 fully saturated rings. The van der Waals surface area contributed by atoms with E-state index in [0.29, 0.717) is 12.0 Å². The van der Waals surface area contributed by atoms with E-state index in [9.17, 15) is 22.9 Å². The van der Waals surface area contributed by atoms with Crippen molar-refractivity contribution in [1.29, 1.82) is 0 Å². The zero-order chi connectivity index (χ0) is 13.7. The molecule has 0 saturated carbocycles. The standard InChI is InChI=1S/C11H12FNO4S/c1-11(2)3-4-18(16,17)10-6-9(13(14)15)8(12)5-7(10)11/h5-6H,3-4H2,1-2H3. The summed E-state index contributed by atoms with van der Waals surface area (Å²) >= 11 is 0.